The molecule has 0 saturated carbocycles. The van der Waals surface area contributed by atoms with Gasteiger partial charge in [-0.3, -0.25) is 4.79 Å². The normalized spacial score (nSPS) is 14.1. The van der Waals surface area contributed by atoms with Crippen LogP contribution in [0.5, 0.6) is 11.5 Å². The first-order valence-electron chi connectivity index (χ1n) is 8.38. The van der Waals surface area contributed by atoms with Gasteiger partial charge in [0, 0.05) is 11.6 Å². The van der Waals surface area contributed by atoms with E-state index < -0.39 is 5.97 Å². The molecule has 1 aromatic carbocycles. The Morgan fingerprint density at radius 3 is 2.65 bits per heavy atom. The van der Waals surface area contributed by atoms with Crippen molar-refractivity contribution in [3.8, 4) is 11.5 Å². The number of rotatable bonds is 8. The van der Waals surface area contributed by atoms with Crippen molar-refractivity contribution < 1.29 is 28.6 Å². The number of hydrogen-bond acceptors (Lipinski definition) is 7. The van der Waals surface area contributed by atoms with Crippen LogP contribution in [0.4, 0.5) is 0 Å². The van der Waals surface area contributed by atoms with Gasteiger partial charge >= 0.3 is 5.97 Å². The number of esters is 1. The molecule has 142 valence electrons. The zero-order valence-corrected chi connectivity index (χ0v) is 15.4. The van der Waals surface area contributed by atoms with Crippen LogP contribution in [0.3, 0.4) is 0 Å². The molecule has 1 aliphatic rings. The van der Waals surface area contributed by atoms with Crippen molar-refractivity contribution >= 4 is 17.6 Å². The summed E-state index contributed by atoms with van der Waals surface area (Å²) in [4.78, 5) is 28.2. The maximum Gasteiger partial charge on any atom is 0.347 e. The molecule has 2 rings (SSSR count). The maximum absolute atomic E-state index is 11.6. The summed E-state index contributed by atoms with van der Waals surface area (Å²) in [5.74, 6) is 0.597. The number of fused-ring (bicyclic) bond motifs is 1. The number of carbonyl (C=O) groups excluding carboxylic acids is 2. The van der Waals surface area contributed by atoms with E-state index in [1.807, 2.05) is 26.8 Å². The van der Waals surface area contributed by atoms with Crippen LogP contribution in [0.25, 0.3) is 0 Å². The molecule has 0 radical (unpaired) electrons. The van der Waals surface area contributed by atoms with Gasteiger partial charge in [-0.05, 0) is 38.0 Å². The van der Waals surface area contributed by atoms with Crippen molar-refractivity contribution in [3.63, 3.8) is 0 Å². The predicted octanol–water partition coefficient (Wildman–Crippen LogP) is 1.86. The zero-order chi connectivity index (χ0) is 19.1. The van der Waals surface area contributed by atoms with Crippen LogP contribution in [-0.4, -0.2) is 43.6 Å². The molecular formula is C18H24N2O6. The van der Waals surface area contributed by atoms with Gasteiger partial charge in [-0.15, -0.1) is 0 Å². The first kappa shape index (κ1) is 19.6. The molecule has 8 heteroatoms. The monoisotopic (exact) mass is 364 g/mol. The largest absolute Gasteiger partial charge is 0.454 e. The maximum atomic E-state index is 11.6. The van der Waals surface area contributed by atoms with Crippen LogP contribution in [-0.2, 0) is 19.2 Å². The van der Waals surface area contributed by atoms with Crippen molar-refractivity contribution in [2.75, 3.05) is 20.0 Å². The number of nitrogens with zero attached hydrogens (tertiary/aromatic N) is 1. The van der Waals surface area contributed by atoms with Crippen LogP contribution >= 0.6 is 0 Å². The lowest BCUT2D eigenvalue weighted by Crippen LogP contribution is -2.38. The molecule has 1 aromatic rings. The van der Waals surface area contributed by atoms with Gasteiger partial charge in [-0.1, -0.05) is 19.0 Å². The Labute approximate surface area is 152 Å². The summed E-state index contributed by atoms with van der Waals surface area (Å²) in [6.07, 6.45) is 0. The lowest BCUT2D eigenvalue weighted by molar-refractivity contribution is -0.153. The highest BCUT2D eigenvalue weighted by molar-refractivity contribution is 5.99. The van der Waals surface area contributed by atoms with E-state index in [1.54, 1.807) is 19.1 Å². The highest BCUT2D eigenvalue weighted by Gasteiger charge is 2.15. The molecule has 0 fully saturated rings. The number of oxime groups is 1. The van der Waals surface area contributed by atoms with Crippen molar-refractivity contribution in [3.05, 3.63) is 23.8 Å². The van der Waals surface area contributed by atoms with Crippen LogP contribution in [0.15, 0.2) is 23.4 Å². The average Bonchev–Trinajstić information content (AvgIpc) is 3.07. The minimum atomic E-state index is -0.667. The second-order valence-electron chi connectivity index (χ2n) is 6.28. The van der Waals surface area contributed by atoms with Gasteiger partial charge in [-0.2, -0.15) is 0 Å². The van der Waals surface area contributed by atoms with Gasteiger partial charge in [0.2, 0.25) is 13.4 Å². The first-order valence-corrected chi connectivity index (χ1v) is 8.38. The fraction of sp³-hybridized carbons (Fsp3) is 0.500. The molecule has 1 aliphatic heterocycles. The number of nitrogens with one attached hydrogen (secondary N) is 1. The smallest absolute Gasteiger partial charge is 0.347 e. The molecule has 0 bridgehead atoms. The molecule has 1 unspecified atom stereocenters. The topological polar surface area (TPSA) is 95.5 Å². The van der Waals surface area contributed by atoms with Gasteiger partial charge in [0.15, 0.2) is 18.1 Å². The average molecular weight is 364 g/mol. The first-order chi connectivity index (χ1) is 12.4. The van der Waals surface area contributed by atoms with E-state index in [2.05, 4.69) is 10.5 Å². The summed E-state index contributed by atoms with van der Waals surface area (Å²) in [6.45, 7) is 7.08. The van der Waals surface area contributed by atoms with Crippen molar-refractivity contribution in [2.24, 2.45) is 11.1 Å². The molecule has 1 atom stereocenters. The fourth-order valence-corrected chi connectivity index (χ4v) is 2.01. The number of benzene rings is 1. The summed E-state index contributed by atoms with van der Waals surface area (Å²) in [6, 6.07) is 5.38. The van der Waals surface area contributed by atoms with Gasteiger partial charge in [0.05, 0.1) is 5.71 Å². The Bertz CT molecular complexity index is 686. The fourth-order valence-electron chi connectivity index (χ4n) is 2.01. The Morgan fingerprint density at radius 2 is 1.92 bits per heavy atom. The molecule has 26 heavy (non-hydrogen) atoms. The van der Waals surface area contributed by atoms with E-state index in [0.29, 0.717) is 23.1 Å². The van der Waals surface area contributed by atoms with E-state index in [1.165, 1.54) is 0 Å². The van der Waals surface area contributed by atoms with E-state index >= 15 is 0 Å². The lowest BCUT2D eigenvalue weighted by atomic mass is 10.1. The summed E-state index contributed by atoms with van der Waals surface area (Å²) < 4.78 is 15.4. The summed E-state index contributed by atoms with van der Waals surface area (Å²) in [7, 11) is 0. The third-order valence-corrected chi connectivity index (χ3v) is 3.93. The Kier molecular flexibility index (Phi) is 6.82. The Morgan fingerprint density at radius 1 is 1.19 bits per heavy atom. The molecule has 8 nitrogen and oxygen atoms in total. The minimum Gasteiger partial charge on any atom is -0.454 e. The minimum absolute atomic E-state index is 0.00593. The van der Waals surface area contributed by atoms with Gasteiger partial charge < -0.3 is 24.4 Å². The Balaban J connectivity index is 1.73. The van der Waals surface area contributed by atoms with Gasteiger partial charge in [0.1, 0.15) is 0 Å². The van der Waals surface area contributed by atoms with Crippen LogP contribution in [0.1, 0.15) is 33.3 Å². The molecule has 1 N–H and O–H groups in total. The van der Waals surface area contributed by atoms with E-state index in [-0.39, 0.29) is 32.0 Å². The van der Waals surface area contributed by atoms with E-state index in [0.717, 1.165) is 5.56 Å². The van der Waals surface area contributed by atoms with Gasteiger partial charge in [-0.25, -0.2) is 4.79 Å². The molecule has 0 spiro atoms. The zero-order valence-electron chi connectivity index (χ0n) is 15.4. The molecular weight excluding hydrogens is 340 g/mol. The standard InChI is InChI=1S/C18H24N2O6/c1-11(2)12(3)19-17(21)8-23-18(22)9-26-20-13(4)14-5-6-15-16(7-14)25-10-24-15/h5-7,11-12H,8-10H2,1-4H3,(H,19,21)/b20-13+. The Hall–Kier alpha value is -2.77. The molecule has 0 aliphatic carbocycles. The van der Waals surface area contributed by atoms with E-state index in [9.17, 15) is 9.59 Å². The third kappa shape index (κ3) is 5.65. The molecule has 1 heterocycles. The summed E-state index contributed by atoms with van der Waals surface area (Å²) in [5.41, 5.74) is 1.35. The van der Waals surface area contributed by atoms with Crippen LogP contribution in [0, 0.1) is 5.92 Å². The molecule has 0 saturated heterocycles. The molecule has 1 amide bonds. The second-order valence-corrected chi connectivity index (χ2v) is 6.28. The number of ether oxygens (including phenoxy) is 3. The third-order valence-electron chi connectivity index (χ3n) is 3.93. The predicted molar refractivity (Wildman–Crippen MR) is 94.1 cm³/mol. The van der Waals surface area contributed by atoms with Crippen LogP contribution in [0.2, 0.25) is 0 Å². The summed E-state index contributed by atoms with van der Waals surface area (Å²) in [5, 5.41) is 6.62. The molecule has 0 aromatic heterocycles. The SMILES string of the molecule is C/C(=N\OCC(=O)OCC(=O)NC(C)C(C)C)c1ccc2c(c1)OCO2. The van der Waals surface area contributed by atoms with Crippen LogP contribution < -0.4 is 14.8 Å². The second kappa shape index (κ2) is 9.07. The quantitative estimate of drug-likeness (QED) is 0.430. The van der Waals surface area contributed by atoms with Gasteiger partial charge in [0.25, 0.3) is 5.91 Å². The summed E-state index contributed by atoms with van der Waals surface area (Å²) >= 11 is 0. The number of carbonyl (C=O) groups is 2. The van der Waals surface area contributed by atoms with Crippen molar-refractivity contribution in [1.29, 1.82) is 0 Å². The number of hydrogen-bond donors (Lipinski definition) is 1. The van der Waals surface area contributed by atoms with Crippen molar-refractivity contribution in [1.82, 2.24) is 5.32 Å². The number of amides is 1. The van der Waals surface area contributed by atoms with Crippen molar-refractivity contribution in [2.45, 2.75) is 33.7 Å². The highest BCUT2D eigenvalue weighted by atomic mass is 16.7. The highest BCUT2D eigenvalue weighted by Crippen LogP contribution is 2.32. The van der Waals surface area contributed by atoms with E-state index in [4.69, 9.17) is 19.0 Å². The lowest BCUT2D eigenvalue weighted by Gasteiger charge is -2.17.